The molecule has 0 bridgehead atoms. The first-order chi connectivity index (χ1) is 14.0. The molecule has 9 heteroatoms. The monoisotopic (exact) mass is 393 g/mol. The van der Waals surface area contributed by atoms with Gasteiger partial charge in [0.05, 0.1) is 12.6 Å². The van der Waals surface area contributed by atoms with Crippen LogP contribution in [0.15, 0.2) is 48.2 Å². The Balaban J connectivity index is 1.49. The van der Waals surface area contributed by atoms with Crippen molar-refractivity contribution in [1.29, 1.82) is 0 Å². The Labute approximate surface area is 167 Å². The Bertz CT molecular complexity index is 1070. The smallest absolute Gasteiger partial charge is 0.266 e. The average molecular weight is 393 g/mol. The van der Waals surface area contributed by atoms with Gasteiger partial charge in [-0.25, -0.2) is 9.37 Å². The molecule has 0 spiro atoms. The third-order valence-corrected chi connectivity index (χ3v) is 4.87. The zero-order chi connectivity index (χ0) is 20.4. The van der Waals surface area contributed by atoms with E-state index < -0.39 is 11.7 Å². The average Bonchev–Trinajstić information content (AvgIpc) is 3.16. The number of halogens is 1. The van der Waals surface area contributed by atoms with E-state index in [-0.39, 0.29) is 5.56 Å². The molecule has 3 aromatic rings. The maximum Gasteiger partial charge on any atom is 0.266 e. The topological polar surface area (TPSA) is 88.8 Å². The highest BCUT2D eigenvalue weighted by Crippen LogP contribution is 2.28. The minimum absolute atomic E-state index is 0.0173. The number of carbonyl (C=O) groups excluding carboxylic acids is 1. The van der Waals surface area contributed by atoms with Gasteiger partial charge in [-0.3, -0.25) is 4.79 Å². The van der Waals surface area contributed by atoms with E-state index in [1.165, 1.54) is 22.5 Å². The maximum atomic E-state index is 13.8. The molecule has 0 saturated carbocycles. The Morgan fingerprint density at radius 1 is 1.21 bits per heavy atom. The van der Waals surface area contributed by atoms with E-state index in [4.69, 9.17) is 0 Å². The van der Waals surface area contributed by atoms with Gasteiger partial charge in [0.1, 0.15) is 11.6 Å². The van der Waals surface area contributed by atoms with Crippen LogP contribution in [0.5, 0.6) is 0 Å². The molecule has 1 aliphatic rings. The number of benzene rings is 1. The van der Waals surface area contributed by atoms with Gasteiger partial charge >= 0.3 is 0 Å². The first-order valence-corrected chi connectivity index (χ1v) is 9.21. The Morgan fingerprint density at radius 3 is 2.72 bits per heavy atom. The SMILES string of the molecule is CC1=C(c2ccc(NC(=O)c3ccccc3F)nc2)CN(c2nnn(C)n2)CC1. The molecule has 0 fully saturated rings. The third-order valence-electron chi connectivity index (χ3n) is 4.87. The van der Waals surface area contributed by atoms with Crippen LogP contribution in [-0.2, 0) is 7.05 Å². The molecule has 0 unspecified atom stereocenters. The quantitative estimate of drug-likeness (QED) is 0.733. The molecule has 1 N–H and O–H groups in total. The lowest BCUT2D eigenvalue weighted by Gasteiger charge is -2.28. The fourth-order valence-electron chi connectivity index (χ4n) is 3.24. The Hall–Kier alpha value is -3.62. The zero-order valence-electron chi connectivity index (χ0n) is 16.1. The molecule has 1 amide bonds. The van der Waals surface area contributed by atoms with Crippen molar-refractivity contribution in [2.24, 2.45) is 7.05 Å². The van der Waals surface area contributed by atoms with Crippen molar-refractivity contribution in [2.45, 2.75) is 13.3 Å². The lowest BCUT2D eigenvalue weighted by molar-refractivity contribution is 0.102. The summed E-state index contributed by atoms with van der Waals surface area (Å²) in [6.45, 7) is 3.58. The van der Waals surface area contributed by atoms with Crippen LogP contribution in [0.1, 0.15) is 29.3 Å². The summed E-state index contributed by atoms with van der Waals surface area (Å²) < 4.78 is 13.8. The van der Waals surface area contributed by atoms with Gasteiger partial charge in [0.15, 0.2) is 0 Å². The molecular formula is C20H20FN7O. The molecule has 29 heavy (non-hydrogen) atoms. The van der Waals surface area contributed by atoms with E-state index in [0.29, 0.717) is 18.3 Å². The van der Waals surface area contributed by atoms with E-state index in [1.54, 1.807) is 31.4 Å². The Morgan fingerprint density at radius 2 is 2.03 bits per heavy atom. The van der Waals surface area contributed by atoms with Crippen LogP contribution >= 0.6 is 0 Å². The van der Waals surface area contributed by atoms with Gasteiger partial charge < -0.3 is 10.2 Å². The second-order valence-electron chi connectivity index (χ2n) is 6.88. The fraction of sp³-hybridized carbons (Fsp3) is 0.250. The summed E-state index contributed by atoms with van der Waals surface area (Å²) >= 11 is 0. The van der Waals surface area contributed by atoms with Crippen molar-refractivity contribution in [1.82, 2.24) is 25.2 Å². The number of anilines is 2. The number of aromatic nitrogens is 5. The number of aryl methyl sites for hydroxylation is 1. The number of nitrogens with zero attached hydrogens (tertiary/aromatic N) is 6. The lowest BCUT2D eigenvalue weighted by atomic mass is 9.96. The standard InChI is InChI=1S/C20H20FN7O/c1-13-9-10-28(20-24-26-27(2)25-20)12-16(13)14-7-8-18(22-11-14)23-19(29)15-5-3-4-6-17(15)21/h3-8,11H,9-10,12H2,1-2H3,(H,22,23,29). The van der Waals surface area contributed by atoms with Crippen molar-refractivity contribution in [3.05, 3.63) is 65.1 Å². The van der Waals surface area contributed by atoms with Gasteiger partial charge in [0.25, 0.3) is 11.9 Å². The summed E-state index contributed by atoms with van der Waals surface area (Å²) in [5.74, 6) is -0.138. The minimum Gasteiger partial charge on any atom is -0.334 e. The van der Waals surface area contributed by atoms with Crippen molar-refractivity contribution in [2.75, 3.05) is 23.3 Å². The summed E-state index contributed by atoms with van der Waals surface area (Å²) in [5, 5.41) is 14.9. The molecule has 2 aromatic heterocycles. The highest BCUT2D eigenvalue weighted by Gasteiger charge is 2.21. The number of carbonyl (C=O) groups is 1. The molecule has 0 aliphatic carbocycles. The number of rotatable bonds is 4. The van der Waals surface area contributed by atoms with Crippen LogP contribution < -0.4 is 10.2 Å². The fourth-order valence-corrected chi connectivity index (χ4v) is 3.24. The number of hydrogen-bond donors (Lipinski definition) is 1. The van der Waals surface area contributed by atoms with Gasteiger partial charge in [0, 0.05) is 19.3 Å². The van der Waals surface area contributed by atoms with Crippen molar-refractivity contribution in [3.8, 4) is 0 Å². The largest absolute Gasteiger partial charge is 0.334 e. The van der Waals surface area contributed by atoms with E-state index >= 15 is 0 Å². The first-order valence-electron chi connectivity index (χ1n) is 9.21. The summed E-state index contributed by atoms with van der Waals surface area (Å²) in [5.41, 5.74) is 3.36. The van der Waals surface area contributed by atoms with Gasteiger partial charge in [-0.1, -0.05) is 22.8 Å². The summed E-state index contributed by atoms with van der Waals surface area (Å²) in [7, 11) is 1.74. The molecule has 3 heterocycles. The maximum absolute atomic E-state index is 13.8. The van der Waals surface area contributed by atoms with Gasteiger partial charge in [-0.15, -0.1) is 5.10 Å². The Kier molecular flexibility index (Phi) is 5.03. The first kappa shape index (κ1) is 18.7. The second-order valence-corrected chi connectivity index (χ2v) is 6.88. The van der Waals surface area contributed by atoms with E-state index in [2.05, 4.69) is 37.5 Å². The van der Waals surface area contributed by atoms with Gasteiger partial charge in [-0.05, 0) is 54.0 Å². The summed E-state index contributed by atoms with van der Waals surface area (Å²) in [4.78, 5) is 20.1. The highest BCUT2D eigenvalue weighted by atomic mass is 19.1. The molecular weight excluding hydrogens is 373 g/mol. The zero-order valence-corrected chi connectivity index (χ0v) is 16.1. The number of nitrogens with one attached hydrogen (secondary N) is 1. The molecule has 1 aromatic carbocycles. The third kappa shape index (κ3) is 3.98. The van der Waals surface area contributed by atoms with Crippen LogP contribution in [-0.4, -0.2) is 44.2 Å². The highest BCUT2D eigenvalue weighted by molar-refractivity contribution is 6.03. The number of amides is 1. The van der Waals surface area contributed by atoms with Crippen LogP contribution in [0.4, 0.5) is 16.2 Å². The lowest BCUT2D eigenvalue weighted by Crippen LogP contribution is -2.31. The number of hydrogen-bond acceptors (Lipinski definition) is 6. The number of pyridine rings is 1. The molecule has 8 nitrogen and oxygen atoms in total. The second kappa shape index (κ2) is 7.78. The van der Waals surface area contributed by atoms with Crippen LogP contribution in [0.3, 0.4) is 0 Å². The normalized spacial score (nSPS) is 14.2. The molecule has 0 saturated heterocycles. The molecule has 0 atom stereocenters. The van der Waals surface area contributed by atoms with Crippen LogP contribution in [0.2, 0.25) is 0 Å². The molecule has 4 rings (SSSR count). The van der Waals surface area contributed by atoms with Gasteiger partial charge in [0.2, 0.25) is 0 Å². The van der Waals surface area contributed by atoms with Crippen molar-refractivity contribution in [3.63, 3.8) is 0 Å². The predicted octanol–water partition coefficient (Wildman–Crippen LogP) is 2.68. The van der Waals surface area contributed by atoms with Crippen LogP contribution in [0, 0.1) is 5.82 Å². The van der Waals surface area contributed by atoms with Crippen LogP contribution in [0.25, 0.3) is 5.57 Å². The van der Waals surface area contributed by atoms with Crippen molar-refractivity contribution >= 4 is 23.2 Å². The number of tetrazole rings is 1. The summed E-state index contributed by atoms with van der Waals surface area (Å²) in [6, 6.07) is 9.46. The van der Waals surface area contributed by atoms with E-state index in [0.717, 1.165) is 24.1 Å². The predicted molar refractivity (Wildman–Crippen MR) is 107 cm³/mol. The minimum atomic E-state index is -0.567. The van der Waals surface area contributed by atoms with E-state index in [1.807, 2.05) is 6.07 Å². The molecule has 148 valence electrons. The molecule has 1 aliphatic heterocycles. The van der Waals surface area contributed by atoms with E-state index in [9.17, 15) is 9.18 Å². The van der Waals surface area contributed by atoms with Gasteiger partial charge in [-0.2, -0.15) is 4.80 Å². The summed E-state index contributed by atoms with van der Waals surface area (Å²) in [6.07, 6.45) is 2.60. The molecule has 0 radical (unpaired) electrons. The van der Waals surface area contributed by atoms with Crippen molar-refractivity contribution < 1.29 is 9.18 Å².